The first kappa shape index (κ1) is 13.7. The molecule has 1 N–H and O–H groups in total. The number of aromatic nitrogens is 4. The normalized spacial score (nSPS) is 21.4. The lowest BCUT2D eigenvalue weighted by atomic mass is 10.0. The van der Waals surface area contributed by atoms with Crippen molar-refractivity contribution in [3.63, 3.8) is 0 Å². The van der Waals surface area contributed by atoms with Crippen LogP contribution in [0.4, 0.5) is 0 Å². The fourth-order valence-electron chi connectivity index (χ4n) is 2.50. The van der Waals surface area contributed by atoms with E-state index in [2.05, 4.69) is 20.4 Å². The maximum absolute atomic E-state index is 12.2. The number of nitrogens with one attached hydrogen (secondary N) is 1. The molecule has 1 fully saturated rings. The second kappa shape index (κ2) is 5.61. The fourth-order valence-corrected chi connectivity index (χ4v) is 2.50. The van der Waals surface area contributed by atoms with E-state index in [-0.39, 0.29) is 18.1 Å². The SMILES string of the molecule is Cc1c([C@H]2OCC[C@@H]2NC(=O)c2cnccn2)cnn1C. The third-order valence-electron chi connectivity index (χ3n) is 3.78. The highest BCUT2D eigenvalue weighted by Gasteiger charge is 2.33. The zero-order valence-corrected chi connectivity index (χ0v) is 12.0. The summed E-state index contributed by atoms with van der Waals surface area (Å²) < 4.78 is 7.58. The Morgan fingerprint density at radius 1 is 1.43 bits per heavy atom. The number of nitrogens with zero attached hydrogens (tertiary/aromatic N) is 4. The van der Waals surface area contributed by atoms with Gasteiger partial charge in [-0.1, -0.05) is 0 Å². The van der Waals surface area contributed by atoms with Gasteiger partial charge in [0.15, 0.2) is 0 Å². The van der Waals surface area contributed by atoms with Gasteiger partial charge in [0, 0.05) is 37.3 Å². The molecule has 3 rings (SSSR count). The first-order valence-electron chi connectivity index (χ1n) is 6.84. The topological polar surface area (TPSA) is 81.9 Å². The first-order chi connectivity index (χ1) is 10.2. The Balaban J connectivity index is 1.76. The average molecular weight is 287 g/mol. The van der Waals surface area contributed by atoms with Crippen molar-refractivity contribution in [3.8, 4) is 0 Å². The zero-order valence-electron chi connectivity index (χ0n) is 12.0. The van der Waals surface area contributed by atoms with Crippen LogP contribution in [0.1, 0.15) is 34.3 Å². The van der Waals surface area contributed by atoms with Crippen molar-refractivity contribution in [2.24, 2.45) is 7.05 Å². The minimum atomic E-state index is -0.231. The van der Waals surface area contributed by atoms with E-state index in [9.17, 15) is 4.79 Å². The van der Waals surface area contributed by atoms with Gasteiger partial charge in [-0.3, -0.25) is 14.5 Å². The molecule has 1 saturated heterocycles. The highest BCUT2D eigenvalue weighted by Crippen LogP contribution is 2.31. The van der Waals surface area contributed by atoms with Crippen molar-refractivity contribution in [1.82, 2.24) is 25.1 Å². The Labute approximate surface area is 122 Å². The molecule has 1 aliphatic rings. The molecule has 0 saturated carbocycles. The predicted molar refractivity (Wildman–Crippen MR) is 74.5 cm³/mol. The van der Waals surface area contributed by atoms with Gasteiger partial charge in [0.1, 0.15) is 11.8 Å². The van der Waals surface area contributed by atoms with E-state index in [1.807, 2.05) is 14.0 Å². The van der Waals surface area contributed by atoms with Gasteiger partial charge in [-0.25, -0.2) is 4.98 Å². The molecular weight excluding hydrogens is 270 g/mol. The highest BCUT2D eigenvalue weighted by molar-refractivity contribution is 5.92. The maximum Gasteiger partial charge on any atom is 0.271 e. The van der Waals surface area contributed by atoms with Crippen LogP contribution in [0.3, 0.4) is 0 Å². The Morgan fingerprint density at radius 3 is 2.95 bits per heavy atom. The van der Waals surface area contributed by atoms with Gasteiger partial charge in [-0.05, 0) is 13.3 Å². The molecular formula is C14H17N5O2. The Bertz CT molecular complexity index is 640. The third kappa shape index (κ3) is 2.64. The van der Waals surface area contributed by atoms with Gasteiger partial charge in [0.25, 0.3) is 5.91 Å². The zero-order chi connectivity index (χ0) is 14.8. The molecule has 2 atom stereocenters. The number of aryl methyl sites for hydroxylation is 1. The molecule has 110 valence electrons. The number of amides is 1. The molecule has 0 bridgehead atoms. The van der Waals surface area contributed by atoms with Crippen molar-refractivity contribution in [1.29, 1.82) is 0 Å². The van der Waals surface area contributed by atoms with E-state index in [0.717, 1.165) is 17.7 Å². The van der Waals surface area contributed by atoms with Crippen molar-refractivity contribution < 1.29 is 9.53 Å². The van der Waals surface area contributed by atoms with Crippen LogP contribution in [0.15, 0.2) is 24.8 Å². The third-order valence-corrected chi connectivity index (χ3v) is 3.78. The number of carbonyl (C=O) groups is 1. The van der Waals surface area contributed by atoms with Gasteiger partial charge < -0.3 is 10.1 Å². The number of ether oxygens (including phenoxy) is 1. The van der Waals surface area contributed by atoms with Crippen molar-refractivity contribution in [2.45, 2.75) is 25.5 Å². The minimum Gasteiger partial charge on any atom is -0.371 e. The number of carbonyl (C=O) groups excluding carboxylic acids is 1. The first-order valence-corrected chi connectivity index (χ1v) is 6.84. The molecule has 1 amide bonds. The molecule has 0 spiro atoms. The van der Waals surface area contributed by atoms with E-state index in [1.54, 1.807) is 10.9 Å². The van der Waals surface area contributed by atoms with Crippen LogP contribution < -0.4 is 5.32 Å². The standard InChI is InChI=1S/C14H17N5O2/c1-9-10(7-17-19(9)2)13-11(3-6-21-13)18-14(20)12-8-15-4-5-16-12/h4-5,7-8,11,13H,3,6H2,1-2H3,(H,18,20)/t11-,13+/m0/s1. The fraction of sp³-hybridized carbons (Fsp3) is 0.429. The lowest BCUT2D eigenvalue weighted by Gasteiger charge is -2.19. The van der Waals surface area contributed by atoms with E-state index < -0.39 is 0 Å². The van der Waals surface area contributed by atoms with Crippen molar-refractivity contribution in [3.05, 3.63) is 41.7 Å². The summed E-state index contributed by atoms with van der Waals surface area (Å²) in [6.07, 6.45) is 6.90. The van der Waals surface area contributed by atoms with Gasteiger partial charge in [-0.2, -0.15) is 5.10 Å². The summed E-state index contributed by atoms with van der Waals surface area (Å²) >= 11 is 0. The summed E-state index contributed by atoms with van der Waals surface area (Å²) in [5.41, 5.74) is 2.37. The van der Waals surface area contributed by atoms with Crippen LogP contribution in [0, 0.1) is 6.92 Å². The molecule has 0 aliphatic carbocycles. The van der Waals surface area contributed by atoms with E-state index in [0.29, 0.717) is 12.3 Å². The van der Waals surface area contributed by atoms with Gasteiger partial charge in [0.2, 0.25) is 0 Å². The van der Waals surface area contributed by atoms with Crippen LogP contribution in [0.2, 0.25) is 0 Å². The minimum absolute atomic E-state index is 0.0811. The molecule has 0 radical (unpaired) electrons. The monoisotopic (exact) mass is 287 g/mol. The summed E-state index contributed by atoms with van der Waals surface area (Å²) in [6, 6.07) is -0.0811. The highest BCUT2D eigenvalue weighted by atomic mass is 16.5. The molecule has 7 heteroatoms. The number of hydrogen-bond donors (Lipinski definition) is 1. The molecule has 2 aromatic rings. The largest absolute Gasteiger partial charge is 0.371 e. The Kier molecular flexibility index (Phi) is 3.66. The summed E-state index contributed by atoms with van der Waals surface area (Å²) in [4.78, 5) is 20.1. The second-order valence-electron chi connectivity index (χ2n) is 5.06. The van der Waals surface area contributed by atoms with Crippen molar-refractivity contribution >= 4 is 5.91 Å². The van der Waals surface area contributed by atoms with E-state index in [1.165, 1.54) is 18.6 Å². The van der Waals surface area contributed by atoms with Crippen LogP contribution >= 0.6 is 0 Å². The molecule has 1 aliphatic heterocycles. The maximum atomic E-state index is 12.2. The number of hydrogen-bond acceptors (Lipinski definition) is 5. The second-order valence-corrected chi connectivity index (χ2v) is 5.06. The summed E-state index contributed by atoms with van der Waals surface area (Å²) in [7, 11) is 1.89. The average Bonchev–Trinajstić information content (AvgIpc) is 3.08. The molecule has 21 heavy (non-hydrogen) atoms. The predicted octanol–water partition coefficient (Wildman–Crippen LogP) is 0.779. The van der Waals surface area contributed by atoms with E-state index in [4.69, 9.17) is 4.74 Å². The van der Waals surface area contributed by atoms with Crippen LogP contribution in [-0.2, 0) is 11.8 Å². The van der Waals surface area contributed by atoms with Gasteiger partial charge in [-0.15, -0.1) is 0 Å². The lowest BCUT2D eigenvalue weighted by Crippen LogP contribution is -2.37. The lowest BCUT2D eigenvalue weighted by molar-refractivity contribution is 0.0815. The summed E-state index contributed by atoms with van der Waals surface area (Å²) in [5.74, 6) is -0.231. The van der Waals surface area contributed by atoms with Crippen LogP contribution in [0.25, 0.3) is 0 Å². The van der Waals surface area contributed by atoms with Crippen LogP contribution in [-0.4, -0.2) is 38.3 Å². The Hall–Kier alpha value is -2.28. The molecule has 0 unspecified atom stereocenters. The molecule has 7 nitrogen and oxygen atoms in total. The molecule has 0 aromatic carbocycles. The summed E-state index contributed by atoms with van der Waals surface area (Å²) in [6.45, 7) is 2.61. The van der Waals surface area contributed by atoms with Gasteiger partial charge >= 0.3 is 0 Å². The quantitative estimate of drug-likeness (QED) is 0.902. The molecule has 3 heterocycles. The van der Waals surface area contributed by atoms with Crippen molar-refractivity contribution in [2.75, 3.05) is 6.61 Å². The Morgan fingerprint density at radius 2 is 2.29 bits per heavy atom. The van der Waals surface area contributed by atoms with Crippen LogP contribution in [0.5, 0.6) is 0 Å². The number of rotatable bonds is 3. The molecule has 2 aromatic heterocycles. The summed E-state index contributed by atoms with van der Waals surface area (Å²) in [5, 5.41) is 7.21. The smallest absolute Gasteiger partial charge is 0.271 e. The van der Waals surface area contributed by atoms with E-state index >= 15 is 0 Å². The van der Waals surface area contributed by atoms with Gasteiger partial charge in [0.05, 0.1) is 18.4 Å².